The van der Waals surface area contributed by atoms with E-state index in [0.717, 1.165) is 34.3 Å². The molecule has 0 aliphatic heterocycles. The van der Waals surface area contributed by atoms with Crippen molar-refractivity contribution in [2.24, 2.45) is 0 Å². The van der Waals surface area contributed by atoms with Crippen molar-refractivity contribution in [1.82, 2.24) is 10.3 Å². The third kappa shape index (κ3) is 3.94. The average molecular weight is 392 g/mol. The lowest BCUT2D eigenvalue weighted by Crippen LogP contribution is -2.24. The number of fused-ring (bicyclic) bond motifs is 1. The molecule has 1 aromatic carbocycles. The van der Waals surface area contributed by atoms with Crippen molar-refractivity contribution in [1.29, 1.82) is 0 Å². The molecule has 4 nitrogen and oxygen atoms in total. The number of nitrogens with two attached hydrogens (primary N) is 1. The number of thiophene rings is 1. The number of anilines is 1. The molecular formula is C23H25N3OS. The van der Waals surface area contributed by atoms with Crippen molar-refractivity contribution < 1.29 is 4.79 Å². The number of pyridine rings is 1. The summed E-state index contributed by atoms with van der Waals surface area (Å²) in [6.45, 7) is 2.72. The summed E-state index contributed by atoms with van der Waals surface area (Å²) in [5, 5.41) is 3.87. The number of allylic oxidation sites excluding steroid dienone is 1. The molecule has 1 aliphatic rings. The molecule has 0 saturated carbocycles. The lowest BCUT2D eigenvalue weighted by atomic mass is 9.97. The molecule has 0 unspecified atom stereocenters. The third-order valence-electron chi connectivity index (χ3n) is 5.26. The molecule has 1 amide bonds. The van der Waals surface area contributed by atoms with Gasteiger partial charge in [-0.05, 0) is 51.2 Å². The molecule has 0 saturated heterocycles. The lowest BCUT2D eigenvalue weighted by Gasteiger charge is -2.12. The number of rotatable bonds is 5. The Morgan fingerprint density at radius 1 is 1.18 bits per heavy atom. The summed E-state index contributed by atoms with van der Waals surface area (Å²) in [4.78, 5) is 18.7. The first-order chi connectivity index (χ1) is 13.6. The molecule has 0 radical (unpaired) electrons. The van der Waals surface area contributed by atoms with Crippen molar-refractivity contribution in [2.45, 2.75) is 39.0 Å². The average Bonchev–Trinajstić information content (AvgIpc) is 3.05. The van der Waals surface area contributed by atoms with Crippen LogP contribution >= 0.6 is 11.3 Å². The zero-order chi connectivity index (χ0) is 19.5. The molecule has 2 heterocycles. The molecule has 5 heteroatoms. The summed E-state index contributed by atoms with van der Waals surface area (Å²) < 4.78 is 0. The van der Waals surface area contributed by atoms with Gasteiger partial charge in [0.15, 0.2) is 0 Å². The van der Waals surface area contributed by atoms with Crippen LogP contribution in [0.4, 0.5) is 5.69 Å². The van der Waals surface area contributed by atoms with E-state index >= 15 is 0 Å². The zero-order valence-electron chi connectivity index (χ0n) is 16.1. The third-order valence-corrected chi connectivity index (χ3v) is 6.38. The number of hydrogen-bond acceptors (Lipinski definition) is 4. The van der Waals surface area contributed by atoms with Crippen LogP contribution in [0.5, 0.6) is 0 Å². The van der Waals surface area contributed by atoms with Gasteiger partial charge in [-0.1, -0.05) is 41.5 Å². The van der Waals surface area contributed by atoms with Gasteiger partial charge in [-0.3, -0.25) is 4.79 Å². The Labute approximate surface area is 169 Å². The zero-order valence-corrected chi connectivity index (χ0v) is 16.9. The summed E-state index contributed by atoms with van der Waals surface area (Å²) in [7, 11) is 0. The molecule has 0 atom stereocenters. The Morgan fingerprint density at radius 2 is 2.00 bits per heavy atom. The maximum Gasteiger partial charge on any atom is 0.263 e. The topological polar surface area (TPSA) is 68.0 Å². The van der Waals surface area contributed by atoms with Gasteiger partial charge in [0.2, 0.25) is 0 Å². The number of nitrogens with zero attached hydrogens (tertiary/aromatic N) is 1. The van der Waals surface area contributed by atoms with Crippen molar-refractivity contribution in [2.75, 3.05) is 12.3 Å². The number of aryl methyl sites for hydroxylation is 1. The highest BCUT2D eigenvalue weighted by atomic mass is 32.1. The van der Waals surface area contributed by atoms with Crippen LogP contribution in [0, 0.1) is 6.92 Å². The highest BCUT2D eigenvalue weighted by Crippen LogP contribution is 2.34. The van der Waals surface area contributed by atoms with E-state index < -0.39 is 0 Å². The fourth-order valence-corrected chi connectivity index (χ4v) is 4.61. The van der Waals surface area contributed by atoms with Crippen LogP contribution in [0.2, 0.25) is 0 Å². The van der Waals surface area contributed by atoms with E-state index in [2.05, 4.69) is 42.6 Å². The van der Waals surface area contributed by atoms with Gasteiger partial charge in [0.1, 0.15) is 9.71 Å². The van der Waals surface area contributed by atoms with E-state index in [9.17, 15) is 4.79 Å². The van der Waals surface area contributed by atoms with Gasteiger partial charge in [-0.25, -0.2) is 4.98 Å². The molecule has 3 N–H and O–H groups in total. The first kappa shape index (κ1) is 18.7. The second-order valence-corrected chi connectivity index (χ2v) is 8.37. The Balaban J connectivity index is 1.50. The molecular weight excluding hydrogens is 366 g/mol. The van der Waals surface area contributed by atoms with Gasteiger partial charge >= 0.3 is 0 Å². The number of carbonyl (C=O) groups excluding carboxylic acids is 1. The van der Waals surface area contributed by atoms with Crippen LogP contribution in [0.15, 0.2) is 48.0 Å². The SMILES string of the molecule is Cc1ccc(-c2ccc3c(N)c(C(=O)NCCC4=CCCCC4)sc3n2)cc1. The van der Waals surface area contributed by atoms with Crippen LogP contribution in [-0.2, 0) is 0 Å². The van der Waals surface area contributed by atoms with Gasteiger partial charge in [0, 0.05) is 17.5 Å². The van der Waals surface area contributed by atoms with Crippen molar-refractivity contribution in [3.8, 4) is 11.3 Å². The standard InChI is InChI=1S/C23H25N3OS/c1-15-7-9-17(10-8-15)19-12-11-18-20(24)21(28-23(18)26-19)22(27)25-14-13-16-5-3-2-4-6-16/h5,7-12H,2-4,6,13-14,24H2,1H3,(H,25,27). The van der Waals surface area contributed by atoms with Gasteiger partial charge in [-0.2, -0.15) is 0 Å². The quantitative estimate of drug-likeness (QED) is 0.566. The predicted molar refractivity (Wildman–Crippen MR) is 118 cm³/mol. The summed E-state index contributed by atoms with van der Waals surface area (Å²) in [5.41, 5.74) is 11.4. The number of hydrogen-bond donors (Lipinski definition) is 2. The molecule has 0 spiro atoms. The summed E-state index contributed by atoms with van der Waals surface area (Å²) in [5.74, 6) is -0.103. The Hall–Kier alpha value is -2.66. The number of benzene rings is 1. The maximum atomic E-state index is 12.6. The van der Waals surface area contributed by atoms with E-state index in [-0.39, 0.29) is 5.91 Å². The summed E-state index contributed by atoms with van der Waals surface area (Å²) in [6.07, 6.45) is 8.12. The monoisotopic (exact) mass is 391 g/mol. The van der Waals surface area contributed by atoms with E-state index in [4.69, 9.17) is 10.7 Å². The highest BCUT2D eigenvalue weighted by molar-refractivity contribution is 7.21. The van der Waals surface area contributed by atoms with E-state index in [0.29, 0.717) is 17.1 Å². The normalized spacial score (nSPS) is 14.1. The van der Waals surface area contributed by atoms with Crippen molar-refractivity contribution in [3.05, 3.63) is 58.5 Å². The Kier molecular flexibility index (Phi) is 5.44. The van der Waals surface area contributed by atoms with E-state index in [1.165, 1.54) is 41.7 Å². The molecule has 2 aromatic heterocycles. The smallest absolute Gasteiger partial charge is 0.263 e. The summed E-state index contributed by atoms with van der Waals surface area (Å²) >= 11 is 1.37. The number of nitrogens with one attached hydrogen (secondary N) is 1. The largest absolute Gasteiger partial charge is 0.397 e. The minimum atomic E-state index is -0.103. The highest BCUT2D eigenvalue weighted by Gasteiger charge is 2.17. The van der Waals surface area contributed by atoms with Crippen molar-refractivity contribution in [3.63, 3.8) is 0 Å². The molecule has 1 aliphatic carbocycles. The fourth-order valence-electron chi connectivity index (χ4n) is 3.60. The van der Waals surface area contributed by atoms with Crippen LogP contribution in [-0.4, -0.2) is 17.4 Å². The molecule has 3 aromatic rings. The number of aromatic nitrogens is 1. The first-order valence-corrected chi connectivity index (χ1v) is 10.7. The summed E-state index contributed by atoms with van der Waals surface area (Å²) in [6, 6.07) is 12.2. The van der Waals surface area contributed by atoms with Crippen LogP contribution in [0.1, 0.15) is 47.3 Å². The molecule has 0 bridgehead atoms. The maximum absolute atomic E-state index is 12.6. The molecule has 28 heavy (non-hydrogen) atoms. The van der Waals surface area contributed by atoms with Gasteiger partial charge < -0.3 is 11.1 Å². The molecule has 4 rings (SSSR count). The Bertz CT molecular complexity index is 1030. The predicted octanol–water partition coefficient (Wildman–Crippen LogP) is 5.47. The van der Waals surface area contributed by atoms with E-state index in [1.54, 1.807) is 0 Å². The molecule has 0 fully saturated rings. The second kappa shape index (κ2) is 8.15. The van der Waals surface area contributed by atoms with Crippen LogP contribution in [0.3, 0.4) is 0 Å². The number of nitrogen functional groups attached to an aromatic ring is 1. The first-order valence-electron chi connectivity index (χ1n) is 9.84. The fraction of sp³-hybridized carbons (Fsp3) is 0.304. The van der Waals surface area contributed by atoms with Gasteiger partial charge in [0.05, 0.1) is 11.4 Å². The van der Waals surface area contributed by atoms with Crippen LogP contribution < -0.4 is 11.1 Å². The number of amides is 1. The minimum Gasteiger partial charge on any atom is -0.397 e. The second-order valence-electron chi connectivity index (χ2n) is 7.37. The van der Waals surface area contributed by atoms with E-state index in [1.807, 2.05) is 12.1 Å². The lowest BCUT2D eigenvalue weighted by molar-refractivity contribution is 0.0959. The minimum absolute atomic E-state index is 0.103. The van der Waals surface area contributed by atoms with Crippen LogP contribution in [0.25, 0.3) is 21.5 Å². The number of carbonyl (C=O) groups is 1. The van der Waals surface area contributed by atoms with Crippen molar-refractivity contribution >= 4 is 33.1 Å². The Morgan fingerprint density at radius 3 is 2.75 bits per heavy atom. The van der Waals surface area contributed by atoms with Gasteiger partial charge in [0.25, 0.3) is 5.91 Å². The molecule has 144 valence electrons. The van der Waals surface area contributed by atoms with Gasteiger partial charge in [-0.15, -0.1) is 11.3 Å².